The van der Waals surface area contributed by atoms with E-state index in [1.165, 1.54) is 0 Å². The number of nitrogens with two attached hydrogens (primary N) is 1. The molecule has 40 valence electrons. The van der Waals surface area contributed by atoms with Gasteiger partial charge in [0.2, 0.25) is 0 Å². The SMILES string of the molecule is NN1NOC(=O)O1. The molecule has 0 spiro atoms. The van der Waals surface area contributed by atoms with Crippen LogP contribution in [0.5, 0.6) is 0 Å². The van der Waals surface area contributed by atoms with Crippen molar-refractivity contribution in [1.29, 1.82) is 0 Å². The third-order valence-corrected chi connectivity index (χ3v) is 0.392. The predicted molar refractivity (Wildman–Crippen MR) is 16.7 cm³/mol. The highest BCUT2D eigenvalue weighted by molar-refractivity contribution is 5.59. The van der Waals surface area contributed by atoms with E-state index in [1.54, 1.807) is 0 Å². The summed E-state index contributed by atoms with van der Waals surface area (Å²) >= 11 is 0. The van der Waals surface area contributed by atoms with Gasteiger partial charge in [0, 0.05) is 5.28 Å². The van der Waals surface area contributed by atoms with Gasteiger partial charge in [0.15, 0.2) is 0 Å². The predicted octanol–water partition coefficient (Wildman–Crippen LogP) is -1.34. The van der Waals surface area contributed by atoms with Gasteiger partial charge in [0.05, 0.1) is 0 Å². The summed E-state index contributed by atoms with van der Waals surface area (Å²) in [6.07, 6.45) is -0.859. The molecule has 0 saturated carbocycles. The number of nitrogens with one attached hydrogen (secondary N) is 1. The number of rotatable bonds is 0. The summed E-state index contributed by atoms with van der Waals surface area (Å²) in [5.74, 6) is 4.78. The van der Waals surface area contributed by atoms with Crippen molar-refractivity contribution < 1.29 is 14.5 Å². The number of hydrogen-bond donors (Lipinski definition) is 2. The van der Waals surface area contributed by atoms with Gasteiger partial charge < -0.3 is 4.84 Å². The van der Waals surface area contributed by atoms with Crippen LogP contribution in [-0.4, -0.2) is 11.4 Å². The summed E-state index contributed by atoms with van der Waals surface area (Å²) in [7, 11) is 0. The lowest BCUT2D eigenvalue weighted by Gasteiger charge is -1.95. The Labute approximate surface area is 38.6 Å². The van der Waals surface area contributed by atoms with Crippen molar-refractivity contribution in [3.8, 4) is 0 Å². The molecule has 0 radical (unpaired) electrons. The summed E-state index contributed by atoms with van der Waals surface area (Å²) in [5.41, 5.74) is 1.91. The molecule has 0 atom stereocenters. The number of carbonyl (C=O) groups excluding carboxylic acids is 1. The molecule has 0 aromatic heterocycles. The Kier molecular flexibility index (Phi) is 0.823. The molecule has 0 amide bonds. The first kappa shape index (κ1) is 4.31. The van der Waals surface area contributed by atoms with Crippen molar-refractivity contribution in [3.63, 3.8) is 0 Å². The molecule has 1 fully saturated rings. The Morgan fingerprint density at radius 2 is 2.57 bits per heavy atom. The van der Waals surface area contributed by atoms with Gasteiger partial charge in [-0.2, -0.15) is 4.79 Å². The fourth-order valence-corrected chi connectivity index (χ4v) is 0.200. The van der Waals surface area contributed by atoms with Crippen LogP contribution in [0, 0.1) is 0 Å². The van der Waals surface area contributed by atoms with Crippen molar-refractivity contribution in [2.45, 2.75) is 0 Å². The minimum atomic E-state index is -0.859. The number of hydrazine groups is 2. The molecular formula is CH3N3O3. The molecule has 0 aromatic rings. The molecule has 1 saturated heterocycles. The van der Waals surface area contributed by atoms with E-state index in [-0.39, 0.29) is 0 Å². The van der Waals surface area contributed by atoms with Crippen molar-refractivity contribution in [2.75, 3.05) is 0 Å². The molecule has 0 unspecified atom stereocenters. The fraction of sp³-hybridized carbons (Fsp3) is 0. The van der Waals surface area contributed by atoms with Gasteiger partial charge in [-0.1, -0.05) is 0 Å². The van der Waals surface area contributed by atoms with Crippen LogP contribution in [-0.2, 0) is 9.68 Å². The lowest BCUT2D eigenvalue weighted by Crippen LogP contribution is -2.35. The van der Waals surface area contributed by atoms with Crippen molar-refractivity contribution in [3.05, 3.63) is 0 Å². The highest BCUT2D eigenvalue weighted by Crippen LogP contribution is 1.89. The van der Waals surface area contributed by atoms with Gasteiger partial charge >= 0.3 is 6.16 Å². The van der Waals surface area contributed by atoms with E-state index in [2.05, 4.69) is 9.68 Å². The Morgan fingerprint density at radius 3 is 2.71 bits per heavy atom. The topological polar surface area (TPSA) is 76.8 Å². The minimum absolute atomic E-state index is 0.558. The third kappa shape index (κ3) is 0.769. The second-order valence-electron chi connectivity index (χ2n) is 0.860. The quantitative estimate of drug-likeness (QED) is 0.371. The Balaban J connectivity index is 2.40. The lowest BCUT2D eigenvalue weighted by molar-refractivity contribution is -0.122. The third-order valence-electron chi connectivity index (χ3n) is 0.392. The summed E-state index contributed by atoms with van der Waals surface area (Å²) in [6, 6.07) is 0. The molecule has 3 N–H and O–H groups in total. The van der Waals surface area contributed by atoms with Crippen LogP contribution in [0.15, 0.2) is 0 Å². The van der Waals surface area contributed by atoms with Crippen LogP contribution in [0.3, 0.4) is 0 Å². The normalized spacial score (nSPS) is 21.6. The Morgan fingerprint density at radius 1 is 1.86 bits per heavy atom. The summed E-state index contributed by atoms with van der Waals surface area (Å²) < 4.78 is 0. The van der Waals surface area contributed by atoms with Crippen LogP contribution in [0.2, 0.25) is 0 Å². The molecule has 1 aliphatic rings. The van der Waals surface area contributed by atoms with Crippen LogP contribution in [0.4, 0.5) is 4.79 Å². The molecule has 0 aliphatic carbocycles. The molecule has 6 nitrogen and oxygen atoms in total. The highest BCUT2D eigenvalue weighted by Gasteiger charge is 2.18. The highest BCUT2D eigenvalue weighted by atomic mass is 17.0. The van der Waals surface area contributed by atoms with Crippen LogP contribution < -0.4 is 11.4 Å². The van der Waals surface area contributed by atoms with Gasteiger partial charge in [-0.15, -0.1) is 0 Å². The first-order valence-electron chi connectivity index (χ1n) is 1.48. The average Bonchev–Trinajstić information content (AvgIpc) is 1.87. The van der Waals surface area contributed by atoms with Gasteiger partial charge in [-0.25, -0.2) is 5.84 Å². The summed E-state index contributed by atoms with van der Waals surface area (Å²) in [4.78, 5) is 17.8. The van der Waals surface area contributed by atoms with Crippen molar-refractivity contribution >= 4 is 6.16 Å². The minimum Gasteiger partial charge on any atom is -0.317 e. The zero-order chi connectivity index (χ0) is 5.28. The number of nitrogens with zero attached hydrogens (tertiary/aromatic N) is 1. The smallest absolute Gasteiger partial charge is 0.317 e. The van der Waals surface area contributed by atoms with Gasteiger partial charge in [0.25, 0.3) is 0 Å². The Hall–Kier alpha value is -0.850. The first-order valence-corrected chi connectivity index (χ1v) is 1.48. The Bertz CT molecular complexity index is 92.2. The van der Waals surface area contributed by atoms with Gasteiger partial charge in [-0.05, 0) is 5.59 Å². The van der Waals surface area contributed by atoms with E-state index >= 15 is 0 Å². The number of carbonyl (C=O) groups is 1. The maximum Gasteiger partial charge on any atom is 0.551 e. The van der Waals surface area contributed by atoms with Crippen molar-refractivity contribution in [2.24, 2.45) is 5.84 Å². The van der Waals surface area contributed by atoms with E-state index in [9.17, 15) is 4.79 Å². The molecule has 0 bridgehead atoms. The van der Waals surface area contributed by atoms with Crippen LogP contribution in [0.1, 0.15) is 0 Å². The van der Waals surface area contributed by atoms with Gasteiger partial charge in [0.1, 0.15) is 0 Å². The molecular weight excluding hydrogens is 102 g/mol. The molecule has 0 aromatic carbocycles. The zero-order valence-electron chi connectivity index (χ0n) is 3.25. The average molecular weight is 105 g/mol. The van der Waals surface area contributed by atoms with E-state index in [1.807, 2.05) is 5.59 Å². The molecule has 7 heavy (non-hydrogen) atoms. The van der Waals surface area contributed by atoms with E-state index < -0.39 is 6.16 Å². The largest absolute Gasteiger partial charge is 0.551 e. The van der Waals surface area contributed by atoms with Crippen LogP contribution in [0.25, 0.3) is 0 Å². The van der Waals surface area contributed by atoms with E-state index in [0.29, 0.717) is 5.28 Å². The maximum atomic E-state index is 9.82. The van der Waals surface area contributed by atoms with Gasteiger partial charge in [-0.3, -0.25) is 4.84 Å². The monoisotopic (exact) mass is 105 g/mol. The maximum absolute atomic E-state index is 9.82. The molecule has 1 aliphatic heterocycles. The second-order valence-corrected chi connectivity index (χ2v) is 0.860. The standard InChI is InChI=1S/CH3N3O3/c2-4-3-6-1(5)7-4/h3H,2H2. The molecule has 1 heterocycles. The molecule has 1 rings (SSSR count). The van der Waals surface area contributed by atoms with Crippen LogP contribution >= 0.6 is 0 Å². The second kappa shape index (κ2) is 1.34. The lowest BCUT2D eigenvalue weighted by atomic mass is 11.4. The summed E-state index contributed by atoms with van der Waals surface area (Å²) in [5, 5.41) is 0.558. The van der Waals surface area contributed by atoms with Crippen molar-refractivity contribution in [1.82, 2.24) is 10.9 Å². The fourth-order valence-electron chi connectivity index (χ4n) is 0.200. The van der Waals surface area contributed by atoms with E-state index in [4.69, 9.17) is 5.84 Å². The first-order chi connectivity index (χ1) is 3.29. The zero-order valence-corrected chi connectivity index (χ0v) is 3.25. The summed E-state index contributed by atoms with van der Waals surface area (Å²) in [6.45, 7) is 0. The van der Waals surface area contributed by atoms with E-state index in [0.717, 1.165) is 0 Å². The number of hydrogen-bond acceptors (Lipinski definition) is 6. The molecule has 6 heteroatoms.